The Labute approximate surface area is 95.9 Å². The molecule has 2 atom stereocenters. The van der Waals surface area contributed by atoms with Crippen LogP contribution in [0.5, 0.6) is 0 Å². The Morgan fingerprint density at radius 1 is 1.31 bits per heavy atom. The molecule has 0 amide bonds. The summed E-state index contributed by atoms with van der Waals surface area (Å²) in [6, 6.07) is 9.76. The van der Waals surface area contributed by atoms with E-state index in [0.717, 1.165) is 12.0 Å². The Bertz CT molecular complexity index is 381. The highest BCUT2D eigenvalue weighted by atomic mass is 16.5. The van der Waals surface area contributed by atoms with Crippen LogP contribution in [0.25, 0.3) is 0 Å². The molecule has 16 heavy (non-hydrogen) atoms. The molecular formula is C14H16O2. The molecule has 0 radical (unpaired) electrons. The molecule has 0 bridgehead atoms. The monoisotopic (exact) mass is 216 g/mol. The fraction of sp³-hybridized carbons (Fsp3) is 0.357. The van der Waals surface area contributed by atoms with Crippen LogP contribution in [0.3, 0.4) is 0 Å². The number of carbonyl (C=O) groups is 1. The number of esters is 1. The number of carbonyl (C=O) groups excluding carboxylic acids is 1. The van der Waals surface area contributed by atoms with Gasteiger partial charge in [-0.15, -0.1) is 0 Å². The number of hydrogen-bond donors (Lipinski definition) is 0. The van der Waals surface area contributed by atoms with Crippen molar-refractivity contribution in [3.63, 3.8) is 0 Å². The largest absolute Gasteiger partial charge is 0.460 e. The van der Waals surface area contributed by atoms with Crippen LogP contribution in [0.15, 0.2) is 42.5 Å². The summed E-state index contributed by atoms with van der Waals surface area (Å²) < 4.78 is 5.27. The van der Waals surface area contributed by atoms with Gasteiger partial charge in [0.25, 0.3) is 0 Å². The summed E-state index contributed by atoms with van der Waals surface area (Å²) in [4.78, 5) is 11.7. The van der Waals surface area contributed by atoms with Crippen LogP contribution in [-0.2, 0) is 16.1 Å². The van der Waals surface area contributed by atoms with E-state index in [4.69, 9.17) is 4.74 Å². The average Bonchev–Trinajstić information content (AvgIpc) is 2.74. The maximum atomic E-state index is 11.7. The summed E-state index contributed by atoms with van der Waals surface area (Å²) >= 11 is 0. The minimum absolute atomic E-state index is 0.0429. The van der Waals surface area contributed by atoms with Gasteiger partial charge in [-0.3, -0.25) is 4.79 Å². The Morgan fingerprint density at radius 2 is 2.06 bits per heavy atom. The van der Waals surface area contributed by atoms with Gasteiger partial charge >= 0.3 is 5.97 Å². The van der Waals surface area contributed by atoms with Crippen molar-refractivity contribution in [2.45, 2.75) is 20.0 Å². The molecule has 2 heteroatoms. The minimum atomic E-state index is -0.107. The predicted octanol–water partition coefficient (Wildman–Crippen LogP) is 2.94. The van der Waals surface area contributed by atoms with Crippen LogP contribution in [0.4, 0.5) is 0 Å². The van der Waals surface area contributed by atoms with Crippen molar-refractivity contribution in [1.82, 2.24) is 0 Å². The van der Waals surface area contributed by atoms with Gasteiger partial charge in [0.2, 0.25) is 0 Å². The summed E-state index contributed by atoms with van der Waals surface area (Å²) in [5.41, 5.74) is 1.03. The molecule has 84 valence electrons. The molecule has 0 aliphatic heterocycles. The van der Waals surface area contributed by atoms with Gasteiger partial charge in [-0.25, -0.2) is 0 Å². The summed E-state index contributed by atoms with van der Waals surface area (Å²) in [5, 5.41) is 0. The van der Waals surface area contributed by atoms with Crippen LogP contribution in [0.2, 0.25) is 0 Å². The summed E-state index contributed by atoms with van der Waals surface area (Å²) in [6.07, 6.45) is 4.92. The summed E-state index contributed by atoms with van der Waals surface area (Å²) in [7, 11) is 0. The van der Waals surface area contributed by atoms with Crippen LogP contribution < -0.4 is 0 Å². The summed E-state index contributed by atoms with van der Waals surface area (Å²) in [6.45, 7) is 2.49. The lowest BCUT2D eigenvalue weighted by molar-refractivity contribution is -0.148. The van der Waals surface area contributed by atoms with Gasteiger partial charge in [-0.1, -0.05) is 49.4 Å². The maximum absolute atomic E-state index is 11.7. The Hall–Kier alpha value is -1.57. The third kappa shape index (κ3) is 2.72. The summed E-state index contributed by atoms with van der Waals surface area (Å²) in [5.74, 6) is 0.345. The van der Waals surface area contributed by atoms with Crippen LogP contribution in [0.1, 0.15) is 18.9 Å². The Kier molecular flexibility index (Phi) is 3.40. The third-order valence-electron chi connectivity index (χ3n) is 2.82. The first-order valence-electron chi connectivity index (χ1n) is 5.64. The van der Waals surface area contributed by atoms with Gasteiger partial charge in [-0.05, 0) is 17.9 Å². The first-order valence-corrected chi connectivity index (χ1v) is 5.64. The molecule has 0 spiro atoms. The zero-order valence-electron chi connectivity index (χ0n) is 9.43. The van der Waals surface area contributed by atoms with E-state index in [-0.39, 0.29) is 11.9 Å². The molecule has 1 aromatic rings. The van der Waals surface area contributed by atoms with E-state index in [1.807, 2.05) is 36.4 Å². The topological polar surface area (TPSA) is 26.3 Å². The SMILES string of the molecule is C[C@H]1C=C[C@@H](C(=O)OCc2ccccc2)C1. The van der Waals surface area contributed by atoms with Gasteiger partial charge in [0, 0.05) is 0 Å². The molecular weight excluding hydrogens is 200 g/mol. The zero-order chi connectivity index (χ0) is 11.4. The second kappa shape index (κ2) is 4.97. The molecule has 1 aliphatic rings. The third-order valence-corrected chi connectivity index (χ3v) is 2.82. The molecule has 0 N–H and O–H groups in total. The Balaban J connectivity index is 1.83. The number of ether oxygens (including phenoxy) is 1. The van der Waals surface area contributed by atoms with Crippen LogP contribution in [-0.4, -0.2) is 5.97 Å². The maximum Gasteiger partial charge on any atom is 0.313 e. The molecule has 0 unspecified atom stereocenters. The number of hydrogen-bond acceptors (Lipinski definition) is 2. The zero-order valence-corrected chi connectivity index (χ0v) is 9.43. The number of rotatable bonds is 3. The van der Waals surface area contributed by atoms with Crippen molar-refractivity contribution in [1.29, 1.82) is 0 Å². The molecule has 0 aromatic heterocycles. The lowest BCUT2D eigenvalue weighted by Gasteiger charge is -2.09. The predicted molar refractivity (Wildman–Crippen MR) is 62.6 cm³/mol. The quantitative estimate of drug-likeness (QED) is 0.573. The first-order chi connectivity index (χ1) is 7.75. The van der Waals surface area contributed by atoms with Crippen molar-refractivity contribution in [2.24, 2.45) is 11.8 Å². The second-order valence-electron chi connectivity index (χ2n) is 4.30. The molecule has 0 fully saturated rings. The lowest BCUT2D eigenvalue weighted by Crippen LogP contribution is -2.14. The molecule has 2 rings (SSSR count). The van der Waals surface area contributed by atoms with E-state index in [2.05, 4.69) is 13.0 Å². The highest BCUT2D eigenvalue weighted by Crippen LogP contribution is 2.24. The van der Waals surface area contributed by atoms with Crippen LogP contribution >= 0.6 is 0 Å². The molecule has 0 heterocycles. The van der Waals surface area contributed by atoms with Crippen LogP contribution in [0, 0.1) is 11.8 Å². The second-order valence-corrected chi connectivity index (χ2v) is 4.30. The highest BCUT2D eigenvalue weighted by Gasteiger charge is 2.23. The molecule has 0 saturated carbocycles. The molecule has 0 saturated heterocycles. The fourth-order valence-electron chi connectivity index (χ4n) is 1.89. The van der Waals surface area contributed by atoms with E-state index in [1.54, 1.807) is 0 Å². The van der Waals surface area contributed by atoms with Gasteiger partial charge in [-0.2, -0.15) is 0 Å². The molecule has 2 nitrogen and oxygen atoms in total. The molecule has 1 aromatic carbocycles. The normalized spacial score (nSPS) is 23.3. The van der Waals surface area contributed by atoms with Gasteiger partial charge in [0.05, 0.1) is 5.92 Å². The fourth-order valence-corrected chi connectivity index (χ4v) is 1.89. The average molecular weight is 216 g/mol. The number of benzene rings is 1. The van der Waals surface area contributed by atoms with E-state index in [0.29, 0.717) is 12.5 Å². The van der Waals surface area contributed by atoms with Gasteiger partial charge in [0.1, 0.15) is 6.61 Å². The van der Waals surface area contributed by atoms with Crippen molar-refractivity contribution in [3.05, 3.63) is 48.0 Å². The van der Waals surface area contributed by atoms with Crippen molar-refractivity contribution in [3.8, 4) is 0 Å². The van der Waals surface area contributed by atoms with E-state index in [9.17, 15) is 4.79 Å². The molecule has 1 aliphatic carbocycles. The van der Waals surface area contributed by atoms with Gasteiger partial charge < -0.3 is 4.74 Å². The lowest BCUT2D eigenvalue weighted by atomic mass is 10.1. The van der Waals surface area contributed by atoms with Crippen molar-refractivity contribution >= 4 is 5.97 Å². The van der Waals surface area contributed by atoms with Gasteiger partial charge in [0.15, 0.2) is 0 Å². The first kappa shape index (κ1) is 10.9. The smallest absolute Gasteiger partial charge is 0.313 e. The van der Waals surface area contributed by atoms with Crippen molar-refractivity contribution in [2.75, 3.05) is 0 Å². The highest BCUT2D eigenvalue weighted by molar-refractivity contribution is 5.75. The standard InChI is InChI=1S/C14H16O2/c1-11-7-8-13(9-11)14(15)16-10-12-5-3-2-4-6-12/h2-8,11,13H,9-10H2,1H3/t11-,13+/m0/s1. The van der Waals surface area contributed by atoms with Crippen molar-refractivity contribution < 1.29 is 9.53 Å². The number of allylic oxidation sites excluding steroid dienone is 1. The van der Waals surface area contributed by atoms with E-state index >= 15 is 0 Å². The van der Waals surface area contributed by atoms with E-state index in [1.165, 1.54) is 0 Å². The Morgan fingerprint density at radius 3 is 2.69 bits per heavy atom. The minimum Gasteiger partial charge on any atom is -0.460 e. The van der Waals surface area contributed by atoms with E-state index < -0.39 is 0 Å².